The number of carbonyl (C=O) groups excluding carboxylic acids is 2. The van der Waals surface area contributed by atoms with Crippen LogP contribution in [0.4, 0.5) is 11.4 Å². The van der Waals surface area contributed by atoms with Crippen molar-refractivity contribution in [3.05, 3.63) is 48.5 Å². The summed E-state index contributed by atoms with van der Waals surface area (Å²) in [6.07, 6.45) is -0.664. The summed E-state index contributed by atoms with van der Waals surface area (Å²) in [5.74, 6) is 1.01. The second-order valence-electron chi connectivity index (χ2n) is 7.17. The fraction of sp³-hybridized carbons (Fsp3) is 0.364. The van der Waals surface area contributed by atoms with Gasteiger partial charge in [0.2, 0.25) is 5.91 Å². The van der Waals surface area contributed by atoms with E-state index in [2.05, 4.69) is 5.32 Å². The van der Waals surface area contributed by atoms with E-state index in [0.717, 1.165) is 5.69 Å². The first-order valence-electron chi connectivity index (χ1n) is 9.95. The number of nitrogens with one attached hydrogen (secondary N) is 1. The lowest BCUT2D eigenvalue weighted by atomic mass is 10.1. The Hall–Kier alpha value is -3.26. The molecular weight excluding hydrogens is 386 g/mol. The molecule has 0 saturated carbocycles. The average Bonchev–Trinajstić information content (AvgIpc) is 2.79. The van der Waals surface area contributed by atoms with Crippen LogP contribution in [0.5, 0.6) is 11.5 Å². The number of rotatable bonds is 5. The third-order valence-corrected chi connectivity index (χ3v) is 5.15. The molecule has 1 N–H and O–H groups in total. The van der Waals surface area contributed by atoms with Gasteiger partial charge in [-0.25, -0.2) is 0 Å². The van der Waals surface area contributed by atoms with E-state index in [1.54, 1.807) is 24.1 Å². The molecule has 4 rings (SSSR count). The van der Waals surface area contributed by atoms with Crippen molar-refractivity contribution in [3.8, 4) is 11.5 Å². The molecule has 8 nitrogen and oxygen atoms in total. The van der Waals surface area contributed by atoms with Crippen molar-refractivity contribution in [1.29, 1.82) is 0 Å². The van der Waals surface area contributed by atoms with Gasteiger partial charge in [0.05, 0.1) is 39.1 Å². The van der Waals surface area contributed by atoms with E-state index in [1.807, 2.05) is 41.3 Å². The second kappa shape index (κ2) is 9.04. The predicted octanol–water partition coefficient (Wildman–Crippen LogP) is 1.76. The molecule has 2 aliphatic heterocycles. The van der Waals surface area contributed by atoms with Crippen LogP contribution in [0.3, 0.4) is 0 Å². The van der Waals surface area contributed by atoms with Gasteiger partial charge < -0.3 is 29.3 Å². The maximum absolute atomic E-state index is 13.0. The molecule has 2 amide bonds. The molecule has 1 fully saturated rings. The highest BCUT2D eigenvalue weighted by atomic mass is 16.5. The number of methoxy groups -OCH3 is 1. The number of hydrogen-bond acceptors (Lipinski definition) is 6. The molecule has 0 aromatic heterocycles. The molecule has 1 atom stereocenters. The maximum Gasteiger partial charge on any atom is 0.265 e. The van der Waals surface area contributed by atoms with Crippen LogP contribution in [0, 0.1) is 0 Å². The second-order valence-corrected chi connectivity index (χ2v) is 7.17. The van der Waals surface area contributed by atoms with Gasteiger partial charge in [-0.1, -0.05) is 18.2 Å². The highest BCUT2D eigenvalue weighted by Crippen LogP contribution is 2.33. The van der Waals surface area contributed by atoms with Gasteiger partial charge in [-0.3, -0.25) is 9.59 Å². The van der Waals surface area contributed by atoms with Crippen molar-refractivity contribution in [2.75, 3.05) is 56.7 Å². The van der Waals surface area contributed by atoms with Crippen LogP contribution < -0.4 is 19.7 Å². The molecule has 1 saturated heterocycles. The van der Waals surface area contributed by atoms with E-state index < -0.39 is 6.10 Å². The van der Waals surface area contributed by atoms with Crippen LogP contribution in [0.25, 0.3) is 0 Å². The standard InChI is InChI=1S/C22H25N3O5/c1-28-17-6-4-5-16(13-17)23-21(26)15-25-14-20(22(27)24-9-11-29-12-10-24)30-19-8-3-2-7-18(19)25/h2-8,13,20H,9-12,14-15H2,1H3,(H,23,26). The third-order valence-electron chi connectivity index (χ3n) is 5.15. The van der Waals surface area contributed by atoms with Gasteiger partial charge in [0, 0.05) is 24.8 Å². The zero-order valence-electron chi connectivity index (χ0n) is 16.9. The number of carbonyl (C=O) groups is 2. The van der Waals surface area contributed by atoms with E-state index >= 15 is 0 Å². The molecule has 2 aromatic carbocycles. The topological polar surface area (TPSA) is 80.3 Å². The number of ether oxygens (including phenoxy) is 3. The number of amides is 2. The van der Waals surface area contributed by atoms with Gasteiger partial charge in [-0.15, -0.1) is 0 Å². The molecule has 30 heavy (non-hydrogen) atoms. The van der Waals surface area contributed by atoms with Crippen molar-refractivity contribution in [1.82, 2.24) is 4.90 Å². The number of para-hydroxylation sites is 2. The average molecular weight is 411 g/mol. The SMILES string of the molecule is COc1cccc(NC(=O)CN2CC(C(=O)N3CCOCC3)Oc3ccccc32)c1. The van der Waals surface area contributed by atoms with Crippen molar-refractivity contribution < 1.29 is 23.8 Å². The largest absolute Gasteiger partial charge is 0.497 e. The highest BCUT2D eigenvalue weighted by Gasteiger charge is 2.34. The highest BCUT2D eigenvalue weighted by molar-refractivity contribution is 5.95. The molecular formula is C22H25N3O5. The lowest BCUT2D eigenvalue weighted by Crippen LogP contribution is -2.53. The van der Waals surface area contributed by atoms with E-state index in [1.165, 1.54) is 0 Å². The molecule has 0 radical (unpaired) electrons. The molecule has 0 aliphatic carbocycles. The first-order valence-corrected chi connectivity index (χ1v) is 9.95. The van der Waals surface area contributed by atoms with Crippen molar-refractivity contribution >= 4 is 23.2 Å². The smallest absolute Gasteiger partial charge is 0.265 e. The van der Waals surface area contributed by atoms with E-state index in [-0.39, 0.29) is 18.4 Å². The summed E-state index contributed by atoms with van der Waals surface area (Å²) in [4.78, 5) is 29.3. The Morgan fingerprint density at radius 2 is 1.93 bits per heavy atom. The Bertz CT molecular complexity index is 913. The third kappa shape index (κ3) is 4.49. The molecule has 2 aliphatic rings. The van der Waals surface area contributed by atoms with Crippen LogP contribution in [0.2, 0.25) is 0 Å². The maximum atomic E-state index is 13.0. The minimum absolute atomic E-state index is 0.0778. The van der Waals surface area contributed by atoms with Crippen molar-refractivity contribution in [2.45, 2.75) is 6.10 Å². The van der Waals surface area contributed by atoms with Crippen molar-refractivity contribution in [3.63, 3.8) is 0 Å². The number of nitrogens with zero attached hydrogens (tertiary/aromatic N) is 2. The van der Waals surface area contributed by atoms with Gasteiger partial charge in [0.25, 0.3) is 5.91 Å². The van der Waals surface area contributed by atoms with Gasteiger partial charge in [0.15, 0.2) is 6.10 Å². The van der Waals surface area contributed by atoms with E-state index in [9.17, 15) is 9.59 Å². The van der Waals surface area contributed by atoms with Crippen LogP contribution in [0.1, 0.15) is 0 Å². The quantitative estimate of drug-likeness (QED) is 0.808. The molecule has 2 aromatic rings. The summed E-state index contributed by atoms with van der Waals surface area (Å²) in [5, 5.41) is 2.89. The summed E-state index contributed by atoms with van der Waals surface area (Å²) in [6.45, 7) is 2.57. The number of morpholine rings is 1. The molecule has 2 heterocycles. The van der Waals surface area contributed by atoms with Crippen molar-refractivity contribution in [2.24, 2.45) is 0 Å². The van der Waals surface area contributed by atoms with E-state index in [4.69, 9.17) is 14.2 Å². The summed E-state index contributed by atoms with van der Waals surface area (Å²) < 4.78 is 16.5. The Morgan fingerprint density at radius 3 is 2.73 bits per heavy atom. The lowest BCUT2D eigenvalue weighted by molar-refractivity contribution is -0.142. The van der Waals surface area contributed by atoms with Crippen LogP contribution in [0.15, 0.2) is 48.5 Å². The van der Waals surface area contributed by atoms with Crippen LogP contribution in [-0.4, -0.2) is 69.3 Å². The number of hydrogen-bond donors (Lipinski definition) is 1. The minimum atomic E-state index is -0.664. The summed E-state index contributed by atoms with van der Waals surface area (Å²) in [6, 6.07) is 14.7. The van der Waals surface area contributed by atoms with Crippen LogP contribution in [-0.2, 0) is 14.3 Å². The fourth-order valence-electron chi connectivity index (χ4n) is 3.65. The lowest BCUT2D eigenvalue weighted by Gasteiger charge is -2.38. The van der Waals surface area contributed by atoms with Gasteiger partial charge in [0.1, 0.15) is 11.5 Å². The normalized spacial score (nSPS) is 18.2. The monoisotopic (exact) mass is 411 g/mol. The Balaban J connectivity index is 1.48. The Labute approximate surface area is 175 Å². The zero-order valence-corrected chi connectivity index (χ0v) is 16.9. The molecule has 8 heteroatoms. The number of anilines is 2. The first kappa shape index (κ1) is 20.0. The zero-order chi connectivity index (χ0) is 20.9. The summed E-state index contributed by atoms with van der Waals surface area (Å²) in [7, 11) is 1.58. The van der Waals surface area contributed by atoms with Gasteiger partial charge in [-0.2, -0.15) is 0 Å². The predicted molar refractivity (Wildman–Crippen MR) is 112 cm³/mol. The number of fused-ring (bicyclic) bond motifs is 1. The van der Waals surface area contributed by atoms with E-state index in [0.29, 0.717) is 50.0 Å². The Morgan fingerprint density at radius 1 is 1.13 bits per heavy atom. The molecule has 1 unspecified atom stereocenters. The van der Waals surface area contributed by atoms with Gasteiger partial charge >= 0.3 is 0 Å². The Kier molecular flexibility index (Phi) is 6.04. The fourth-order valence-corrected chi connectivity index (χ4v) is 3.65. The van der Waals surface area contributed by atoms with Crippen LogP contribution >= 0.6 is 0 Å². The molecule has 158 valence electrons. The first-order chi connectivity index (χ1) is 14.6. The summed E-state index contributed by atoms with van der Waals surface area (Å²) >= 11 is 0. The number of benzene rings is 2. The molecule has 0 bridgehead atoms. The molecule has 0 spiro atoms. The summed E-state index contributed by atoms with van der Waals surface area (Å²) in [5.41, 5.74) is 1.45. The van der Waals surface area contributed by atoms with Gasteiger partial charge in [-0.05, 0) is 24.3 Å². The minimum Gasteiger partial charge on any atom is -0.497 e.